The molecule has 51 heavy (non-hydrogen) atoms. The molecule has 0 amide bonds. The van der Waals surface area contributed by atoms with Gasteiger partial charge in [0.05, 0.1) is 31.7 Å². The molecule has 3 fully saturated rings. The van der Waals surface area contributed by atoms with Crippen LogP contribution in [-0.4, -0.2) is 139 Å². The number of phenolic OH excluding ortho intramolecular Hbond substituents is 2. The van der Waals surface area contributed by atoms with E-state index >= 15 is 0 Å². The van der Waals surface area contributed by atoms with Crippen molar-refractivity contribution in [1.82, 2.24) is 0 Å². The van der Waals surface area contributed by atoms with Crippen molar-refractivity contribution in [2.45, 2.75) is 74.1 Å². The molecule has 4 aliphatic rings. The average Bonchev–Trinajstić information content (AvgIpc) is 3.12. The van der Waals surface area contributed by atoms with Crippen molar-refractivity contribution >= 4 is 5.97 Å². The van der Waals surface area contributed by atoms with Crippen LogP contribution >= 0.6 is 0 Å². The van der Waals surface area contributed by atoms with E-state index in [1.807, 2.05) is 0 Å². The number of rotatable bonds is 10. The summed E-state index contributed by atoms with van der Waals surface area (Å²) in [6, 6.07) is 8.11. The smallest absolute Gasteiger partial charge is 0.337 e. The first-order chi connectivity index (χ1) is 24.4. The van der Waals surface area contributed by atoms with Gasteiger partial charge in [0.1, 0.15) is 54.2 Å². The number of esters is 1. The van der Waals surface area contributed by atoms with Gasteiger partial charge in [0.2, 0.25) is 18.9 Å². The average molecular weight is 721 g/mol. The maximum Gasteiger partial charge on any atom is 0.337 e. The Bertz CT molecular complexity index is 1600. The monoisotopic (exact) mass is 720 g/mol. The molecule has 9 N–H and O–H groups in total. The van der Waals surface area contributed by atoms with Gasteiger partial charge in [-0.1, -0.05) is 18.2 Å². The maximum atomic E-state index is 12.3. The molecule has 17 nitrogen and oxygen atoms in total. The van der Waals surface area contributed by atoms with E-state index in [4.69, 9.17) is 33.2 Å². The van der Waals surface area contributed by atoms with Crippen LogP contribution < -0.4 is 9.47 Å². The van der Waals surface area contributed by atoms with E-state index in [1.165, 1.54) is 36.6 Å². The van der Waals surface area contributed by atoms with Crippen LogP contribution in [0.5, 0.6) is 23.0 Å². The summed E-state index contributed by atoms with van der Waals surface area (Å²) in [4.78, 5) is 12.3. The second-order valence-electron chi connectivity index (χ2n) is 12.5. The van der Waals surface area contributed by atoms with E-state index in [9.17, 15) is 50.8 Å². The first-order valence-corrected chi connectivity index (χ1v) is 16.2. The number of benzene rings is 2. The number of fused-ring (bicyclic) bond motifs is 1. The molecule has 0 spiro atoms. The first-order valence-electron chi connectivity index (χ1n) is 16.2. The molecule has 4 heterocycles. The molecule has 13 atom stereocenters. The van der Waals surface area contributed by atoms with E-state index in [-0.39, 0.29) is 40.9 Å². The summed E-state index contributed by atoms with van der Waals surface area (Å²) in [5.41, 5.74) is 0.585. The van der Waals surface area contributed by atoms with Crippen LogP contribution in [0.15, 0.2) is 60.9 Å². The minimum atomic E-state index is -1.79. The van der Waals surface area contributed by atoms with E-state index in [1.54, 1.807) is 6.07 Å². The van der Waals surface area contributed by atoms with Crippen molar-refractivity contribution in [1.29, 1.82) is 0 Å². The van der Waals surface area contributed by atoms with Crippen molar-refractivity contribution < 1.29 is 83.9 Å². The van der Waals surface area contributed by atoms with Gasteiger partial charge in [-0.2, -0.15) is 0 Å². The van der Waals surface area contributed by atoms with Crippen LogP contribution in [0.3, 0.4) is 0 Å². The second kappa shape index (κ2) is 15.3. The number of aromatic hydroxyl groups is 2. The predicted molar refractivity (Wildman–Crippen MR) is 169 cm³/mol. The van der Waals surface area contributed by atoms with Crippen LogP contribution in [0.4, 0.5) is 0 Å². The zero-order chi connectivity index (χ0) is 36.6. The molecule has 0 radical (unpaired) electrons. The lowest BCUT2D eigenvalue weighted by atomic mass is 9.81. The van der Waals surface area contributed by atoms with Gasteiger partial charge < -0.3 is 79.1 Å². The van der Waals surface area contributed by atoms with Gasteiger partial charge in [0.15, 0.2) is 17.6 Å². The SMILES string of the molecule is C=C[C@H]1[C@H](O[C@@H]2O[C@H](CO)[C@@H](O)[C@H](O)[C@H]2Oc2c(O)cc(O[C@@H]3O[C@H](CO)[C@@H](O)[C@H](O)[C@H]3O)cc2-c2cccc(O)c2)OC=C2C(=O)OCC[C@H]21. The minimum Gasteiger partial charge on any atom is -0.508 e. The van der Waals surface area contributed by atoms with Crippen molar-refractivity contribution in [2.75, 3.05) is 19.8 Å². The van der Waals surface area contributed by atoms with Crippen molar-refractivity contribution in [3.63, 3.8) is 0 Å². The quantitative estimate of drug-likeness (QED) is 0.103. The number of hydrogen-bond acceptors (Lipinski definition) is 17. The highest BCUT2D eigenvalue weighted by Crippen LogP contribution is 2.45. The summed E-state index contributed by atoms with van der Waals surface area (Å²) in [6.45, 7) is 2.59. The molecule has 2 aromatic rings. The van der Waals surface area contributed by atoms with Gasteiger partial charge >= 0.3 is 5.97 Å². The Balaban J connectivity index is 1.34. The molecule has 0 aliphatic carbocycles. The summed E-state index contributed by atoms with van der Waals surface area (Å²) in [5, 5.41) is 94.2. The van der Waals surface area contributed by atoms with Gasteiger partial charge in [0.25, 0.3) is 0 Å². The number of aliphatic hydroxyl groups excluding tert-OH is 7. The molecule has 3 saturated heterocycles. The summed E-state index contributed by atoms with van der Waals surface area (Å²) in [7, 11) is 0. The Kier molecular flexibility index (Phi) is 11.0. The third-order valence-electron chi connectivity index (χ3n) is 9.32. The predicted octanol–water partition coefficient (Wildman–Crippen LogP) is -1.25. The topological polar surface area (TPSA) is 264 Å². The van der Waals surface area contributed by atoms with Gasteiger partial charge in [-0.15, -0.1) is 6.58 Å². The van der Waals surface area contributed by atoms with Gasteiger partial charge in [-0.25, -0.2) is 4.79 Å². The second-order valence-corrected chi connectivity index (χ2v) is 12.5. The number of aliphatic hydroxyl groups is 7. The third kappa shape index (κ3) is 7.22. The van der Waals surface area contributed by atoms with E-state index in [0.717, 1.165) is 6.07 Å². The summed E-state index contributed by atoms with van der Waals surface area (Å²) >= 11 is 0. The zero-order valence-corrected chi connectivity index (χ0v) is 27.0. The van der Waals surface area contributed by atoms with Gasteiger partial charge in [-0.05, 0) is 30.2 Å². The molecule has 6 rings (SSSR count). The Morgan fingerprint density at radius 3 is 2.24 bits per heavy atom. The zero-order valence-electron chi connectivity index (χ0n) is 27.0. The van der Waals surface area contributed by atoms with Gasteiger partial charge in [0, 0.05) is 23.5 Å². The normalized spacial score (nSPS) is 36.6. The lowest BCUT2D eigenvalue weighted by Crippen LogP contribution is -2.62. The van der Waals surface area contributed by atoms with E-state index in [2.05, 4.69) is 6.58 Å². The molecule has 0 aromatic heterocycles. The van der Waals surface area contributed by atoms with E-state index in [0.29, 0.717) is 12.0 Å². The van der Waals surface area contributed by atoms with Crippen LogP contribution in [0.25, 0.3) is 11.1 Å². The molecule has 4 aliphatic heterocycles. The standard InChI is InChI=1S/C34H40O17/c1-2-17-18-6-7-45-31(44)20(18)13-46-32(17)51-34-30(27(42)25(40)23(12-36)49-34)50-29-19(14-4-3-5-15(37)8-14)9-16(10-21(29)38)47-33-28(43)26(41)24(39)22(11-35)48-33/h2-5,8-10,13,17-18,22-28,30,32-43H,1,6-7,11-12H2/t17-,18+,22-,23-,24-,25-,26+,27+,28-,30-,32+,33-,34+/m1/s1. The number of ether oxygens (including phenoxy) is 7. The molecule has 278 valence electrons. The number of carbonyl (C=O) groups excluding carboxylic acids is 1. The van der Waals surface area contributed by atoms with Crippen LogP contribution in [0.1, 0.15) is 6.42 Å². The largest absolute Gasteiger partial charge is 0.508 e. The maximum absolute atomic E-state index is 12.3. The Morgan fingerprint density at radius 2 is 1.55 bits per heavy atom. The molecule has 0 unspecified atom stereocenters. The highest BCUT2D eigenvalue weighted by molar-refractivity contribution is 5.89. The molecular weight excluding hydrogens is 680 g/mol. The fourth-order valence-electron chi connectivity index (χ4n) is 6.55. The van der Waals surface area contributed by atoms with Crippen LogP contribution in [-0.2, 0) is 28.5 Å². The Labute approximate surface area is 290 Å². The fourth-order valence-corrected chi connectivity index (χ4v) is 6.55. The lowest BCUT2D eigenvalue weighted by molar-refractivity contribution is -0.335. The first kappa shape index (κ1) is 36.8. The number of carbonyl (C=O) groups is 1. The number of phenols is 2. The number of hydrogen-bond donors (Lipinski definition) is 9. The van der Waals surface area contributed by atoms with Crippen molar-refractivity contribution in [3.05, 3.63) is 60.9 Å². The third-order valence-corrected chi connectivity index (χ3v) is 9.32. The van der Waals surface area contributed by atoms with Crippen molar-refractivity contribution in [2.24, 2.45) is 11.8 Å². The Morgan fingerprint density at radius 1 is 0.843 bits per heavy atom. The van der Waals surface area contributed by atoms with Crippen LogP contribution in [0, 0.1) is 11.8 Å². The van der Waals surface area contributed by atoms with Gasteiger partial charge in [-0.3, -0.25) is 0 Å². The molecule has 2 aromatic carbocycles. The summed E-state index contributed by atoms with van der Waals surface area (Å²) in [5.74, 6) is -2.80. The summed E-state index contributed by atoms with van der Waals surface area (Å²) < 4.78 is 40.2. The Hall–Kier alpha value is -4.01. The van der Waals surface area contributed by atoms with Crippen LogP contribution in [0.2, 0.25) is 0 Å². The molecular formula is C34H40O17. The molecule has 0 bridgehead atoms. The molecule has 0 saturated carbocycles. The van der Waals surface area contributed by atoms with Crippen molar-refractivity contribution in [3.8, 4) is 34.1 Å². The molecule has 17 heteroatoms. The fraction of sp³-hybridized carbons (Fsp3) is 0.500. The highest BCUT2D eigenvalue weighted by Gasteiger charge is 2.50. The van der Waals surface area contributed by atoms with E-state index < -0.39 is 98.6 Å². The minimum absolute atomic E-state index is 0.0430. The lowest BCUT2D eigenvalue weighted by Gasteiger charge is -2.45. The summed E-state index contributed by atoms with van der Waals surface area (Å²) in [6.07, 6.45) is -14.0. The number of cyclic esters (lactones) is 1. The highest BCUT2D eigenvalue weighted by atomic mass is 16.8.